The average Bonchev–Trinajstić information content (AvgIpc) is 2.28. The minimum atomic E-state index is 0.0321. The highest BCUT2D eigenvalue weighted by atomic mass is 16.1. The van der Waals surface area contributed by atoms with Crippen LogP contribution in [0.3, 0.4) is 0 Å². The van der Waals surface area contributed by atoms with Crippen LogP contribution >= 0.6 is 0 Å². The lowest BCUT2D eigenvalue weighted by atomic mass is 10.2. The largest absolute Gasteiger partial charge is 0.355 e. The van der Waals surface area contributed by atoms with Crippen LogP contribution < -0.4 is 10.6 Å². The highest BCUT2D eigenvalue weighted by Gasteiger charge is 2.01. The first-order valence-corrected chi connectivity index (χ1v) is 5.56. The fourth-order valence-electron chi connectivity index (χ4n) is 1.19. The molecule has 0 bridgehead atoms. The molecule has 16 heavy (non-hydrogen) atoms. The van der Waals surface area contributed by atoms with Gasteiger partial charge in [-0.05, 0) is 18.1 Å². The van der Waals surface area contributed by atoms with Crippen LogP contribution in [-0.2, 0) is 11.3 Å². The summed E-state index contributed by atoms with van der Waals surface area (Å²) >= 11 is 0. The van der Waals surface area contributed by atoms with Gasteiger partial charge in [0.2, 0.25) is 5.91 Å². The Morgan fingerprint density at radius 2 is 2.25 bits per heavy atom. The molecule has 0 atom stereocenters. The van der Waals surface area contributed by atoms with Gasteiger partial charge in [0.05, 0.1) is 12.2 Å². The second-order valence-corrected chi connectivity index (χ2v) is 4.12. The van der Waals surface area contributed by atoms with Gasteiger partial charge in [0, 0.05) is 19.3 Å². The second-order valence-electron chi connectivity index (χ2n) is 4.12. The SMILES string of the molecule is CC(C)CNC(=O)CNCc1ccccn1. The number of nitrogens with one attached hydrogen (secondary N) is 2. The van der Waals surface area contributed by atoms with Gasteiger partial charge in [-0.2, -0.15) is 0 Å². The molecule has 0 spiro atoms. The topological polar surface area (TPSA) is 54.0 Å². The van der Waals surface area contributed by atoms with Crippen LogP contribution in [0.4, 0.5) is 0 Å². The maximum atomic E-state index is 11.3. The molecule has 0 aliphatic carbocycles. The van der Waals surface area contributed by atoms with Gasteiger partial charge in [-0.15, -0.1) is 0 Å². The monoisotopic (exact) mass is 221 g/mol. The van der Waals surface area contributed by atoms with Crippen molar-refractivity contribution in [1.82, 2.24) is 15.6 Å². The molecule has 4 heteroatoms. The zero-order valence-corrected chi connectivity index (χ0v) is 9.86. The molecule has 1 aromatic heterocycles. The molecular weight excluding hydrogens is 202 g/mol. The lowest BCUT2D eigenvalue weighted by Gasteiger charge is -2.08. The number of rotatable bonds is 6. The lowest BCUT2D eigenvalue weighted by Crippen LogP contribution is -2.35. The summed E-state index contributed by atoms with van der Waals surface area (Å²) < 4.78 is 0. The van der Waals surface area contributed by atoms with E-state index < -0.39 is 0 Å². The molecule has 0 unspecified atom stereocenters. The average molecular weight is 221 g/mol. The summed E-state index contributed by atoms with van der Waals surface area (Å²) in [5, 5.41) is 5.90. The minimum absolute atomic E-state index is 0.0321. The molecule has 4 nitrogen and oxygen atoms in total. The van der Waals surface area contributed by atoms with Crippen molar-refractivity contribution in [2.75, 3.05) is 13.1 Å². The summed E-state index contributed by atoms with van der Waals surface area (Å²) in [7, 11) is 0. The summed E-state index contributed by atoms with van der Waals surface area (Å²) in [4.78, 5) is 15.5. The molecule has 1 amide bonds. The quantitative estimate of drug-likeness (QED) is 0.752. The van der Waals surface area contributed by atoms with Crippen molar-refractivity contribution in [3.05, 3.63) is 30.1 Å². The molecule has 0 saturated heterocycles. The molecule has 0 radical (unpaired) electrons. The summed E-state index contributed by atoms with van der Waals surface area (Å²) in [6.45, 7) is 5.83. The fourth-order valence-corrected chi connectivity index (χ4v) is 1.19. The van der Waals surface area contributed by atoms with Crippen molar-refractivity contribution in [3.8, 4) is 0 Å². The third kappa shape index (κ3) is 5.46. The van der Waals surface area contributed by atoms with Crippen molar-refractivity contribution >= 4 is 5.91 Å². The highest BCUT2D eigenvalue weighted by molar-refractivity contribution is 5.77. The van der Waals surface area contributed by atoms with Crippen molar-refractivity contribution in [2.24, 2.45) is 5.92 Å². The standard InChI is InChI=1S/C12H19N3O/c1-10(2)7-15-12(16)9-13-8-11-5-3-4-6-14-11/h3-6,10,13H,7-9H2,1-2H3,(H,15,16). The Hall–Kier alpha value is -1.42. The van der Waals surface area contributed by atoms with Crippen LogP contribution in [0.15, 0.2) is 24.4 Å². The van der Waals surface area contributed by atoms with Gasteiger partial charge < -0.3 is 10.6 Å². The summed E-state index contributed by atoms with van der Waals surface area (Å²) in [5.74, 6) is 0.518. The van der Waals surface area contributed by atoms with E-state index in [0.717, 1.165) is 12.2 Å². The van der Waals surface area contributed by atoms with E-state index in [0.29, 0.717) is 19.0 Å². The maximum absolute atomic E-state index is 11.3. The summed E-state index contributed by atoms with van der Waals surface area (Å²) in [6.07, 6.45) is 1.75. The van der Waals surface area contributed by atoms with Crippen LogP contribution in [0.1, 0.15) is 19.5 Å². The lowest BCUT2D eigenvalue weighted by molar-refractivity contribution is -0.120. The van der Waals surface area contributed by atoms with E-state index in [2.05, 4.69) is 29.5 Å². The van der Waals surface area contributed by atoms with E-state index in [-0.39, 0.29) is 5.91 Å². The zero-order valence-electron chi connectivity index (χ0n) is 9.86. The van der Waals surface area contributed by atoms with Crippen LogP contribution in [0, 0.1) is 5.92 Å². The van der Waals surface area contributed by atoms with Gasteiger partial charge in [-0.25, -0.2) is 0 Å². The van der Waals surface area contributed by atoms with Crippen LogP contribution in [-0.4, -0.2) is 24.0 Å². The first kappa shape index (κ1) is 12.6. The molecule has 1 heterocycles. The van der Waals surface area contributed by atoms with Gasteiger partial charge >= 0.3 is 0 Å². The number of carbonyl (C=O) groups excluding carboxylic acids is 1. The number of pyridine rings is 1. The first-order valence-electron chi connectivity index (χ1n) is 5.56. The minimum Gasteiger partial charge on any atom is -0.355 e. The second kappa shape index (κ2) is 6.95. The van der Waals surface area contributed by atoms with Crippen molar-refractivity contribution < 1.29 is 4.79 Å². The molecule has 0 aromatic carbocycles. The van der Waals surface area contributed by atoms with Crippen molar-refractivity contribution in [2.45, 2.75) is 20.4 Å². The summed E-state index contributed by atoms with van der Waals surface area (Å²) in [5.41, 5.74) is 0.944. The van der Waals surface area contributed by atoms with Gasteiger partial charge in [0.15, 0.2) is 0 Å². The molecule has 2 N–H and O–H groups in total. The van der Waals surface area contributed by atoms with E-state index in [1.807, 2.05) is 18.2 Å². The smallest absolute Gasteiger partial charge is 0.233 e. The highest BCUT2D eigenvalue weighted by Crippen LogP contribution is 1.91. The molecule has 1 aromatic rings. The van der Waals surface area contributed by atoms with E-state index >= 15 is 0 Å². The third-order valence-corrected chi connectivity index (χ3v) is 2.03. The number of amides is 1. The summed E-state index contributed by atoms with van der Waals surface area (Å²) in [6, 6.07) is 5.74. The fraction of sp³-hybridized carbons (Fsp3) is 0.500. The number of hydrogen-bond acceptors (Lipinski definition) is 3. The Labute approximate surface area is 96.5 Å². The van der Waals surface area contributed by atoms with E-state index in [4.69, 9.17) is 0 Å². The molecule has 0 fully saturated rings. The maximum Gasteiger partial charge on any atom is 0.233 e. The molecule has 1 rings (SSSR count). The number of carbonyl (C=O) groups is 1. The third-order valence-electron chi connectivity index (χ3n) is 2.03. The Morgan fingerprint density at radius 3 is 2.88 bits per heavy atom. The van der Waals surface area contributed by atoms with E-state index in [1.165, 1.54) is 0 Å². The molecule has 0 aliphatic rings. The van der Waals surface area contributed by atoms with Gasteiger partial charge in [0.25, 0.3) is 0 Å². The van der Waals surface area contributed by atoms with Gasteiger partial charge in [0.1, 0.15) is 0 Å². The number of nitrogens with zero attached hydrogens (tertiary/aromatic N) is 1. The zero-order chi connectivity index (χ0) is 11.8. The predicted octanol–water partition coefficient (Wildman–Crippen LogP) is 0.943. The number of hydrogen-bond donors (Lipinski definition) is 2. The molecule has 0 saturated carbocycles. The van der Waals surface area contributed by atoms with Gasteiger partial charge in [-0.3, -0.25) is 9.78 Å². The molecule has 88 valence electrons. The van der Waals surface area contributed by atoms with Crippen LogP contribution in [0.2, 0.25) is 0 Å². The van der Waals surface area contributed by atoms with Crippen LogP contribution in [0.5, 0.6) is 0 Å². The van der Waals surface area contributed by atoms with Gasteiger partial charge in [-0.1, -0.05) is 19.9 Å². The molecular formula is C12H19N3O. The Kier molecular flexibility index (Phi) is 5.50. The first-order chi connectivity index (χ1) is 7.68. The van der Waals surface area contributed by atoms with Crippen molar-refractivity contribution in [1.29, 1.82) is 0 Å². The Morgan fingerprint density at radius 1 is 1.44 bits per heavy atom. The Bertz CT molecular complexity index is 311. The normalized spacial score (nSPS) is 10.4. The van der Waals surface area contributed by atoms with E-state index in [1.54, 1.807) is 6.20 Å². The van der Waals surface area contributed by atoms with Crippen molar-refractivity contribution in [3.63, 3.8) is 0 Å². The van der Waals surface area contributed by atoms with Crippen LogP contribution in [0.25, 0.3) is 0 Å². The molecule has 0 aliphatic heterocycles. The Balaban J connectivity index is 2.13. The number of aromatic nitrogens is 1. The predicted molar refractivity (Wildman–Crippen MR) is 63.8 cm³/mol. The van der Waals surface area contributed by atoms with E-state index in [9.17, 15) is 4.79 Å².